The van der Waals surface area contributed by atoms with E-state index < -0.39 is 0 Å². The topological polar surface area (TPSA) is 53.5 Å². The number of hydrogen-bond donors (Lipinski definition) is 2. The van der Waals surface area contributed by atoms with Crippen LogP contribution in [0.5, 0.6) is 0 Å². The second-order valence-corrected chi connectivity index (χ2v) is 7.30. The van der Waals surface area contributed by atoms with E-state index in [1.165, 1.54) is 0 Å². The summed E-state index contributed by atoms with van der Waals surface area (Å²) in [4.78, 5) is 16.8. The van der Waals surface area contributed by atoms with E-state index in [-0.39, 0.29) is 11.9 Å². The van der Waals surface area contributed by atoms with Crippen LogP contribution in [-0.2, 0) is 0 Å². The third kappa shape index (κ3) is 5.57. The molecule has 2 N–H and O–H groups in total. The number of allylic oxidation sites excluding steroid dienone is 3. The van der Waals surface area contributed by atoms with E-state index >= 15 is 0 Å². The van der Waals surface area contributed by atoms with E-state index in [1.807, 2.05) is 54.6 Å². The average Bonchev–Trinajstić information content (AvgIpc) is 2.67. The van der Waals surface area contributed by atoms with Gasteiger partial charge in [0.2, 0.25) is 0 Å². The molecule has 0 bridgehead atoms. The number of aliphatic imine (C=N–C) groups is 1. The zero-order valence-corrected chi connectivity index (χ0v) is 16.8. The summed E-state index contributed by atoms with van der Waals surface area (Å²) in [5.74, 6) is 1.00. The molecule has 2 atom stereocenters. The molecule has 0 radical (unpaired) electrons. The van der Waals surface area contributed by atoms with E-state index in [1.54, 1.807) is 12.1 Å². The number of hydrogen-bond acceptors (Lipinski definition) is 3. The number of rotatable bonds is 5. The van der Waals surface area contributed by atoms with Crippen LogP contribution < -0.4 is 10.6 Å². The fourth-order valence-corrected chi connectivity index (χ4v) is 3.15. The Bertz CT molecular complexity index is 918. The Hall–Kier alpha value is -2.85. The van der Waals surface area contributed by atoms with Gasteiger partial charge in [0, 0.05) is 11.3 Å². The smallest absolute Gasteiger partial charge is 0.255 e. The Morgan fingerprint density at radius 2 is 1.96 bits per heavy atom. The zero-order valence-electron chi connectivity index (χ0n) is 16.0. The van der Waals surface area contributed by atoms with Crippen LogP contribution >= 0.6 is 11.6 Å². The molecule has 2 aromatic carbocycles. The van der Waals surface area contributed by atoms with Gasteiger partial charge in [-0.3, -0.25) is 4.79 Å². The fourth-order valence-electron chi connectivity index (χ4n) is 2.97. The van der Waals surface area contributed by atoms with Crippen molar-refractivity contribution in [2.45, 2.75) is 26.3 Å². The molecule has 1 amide bonds. The number of amides is 1. The number of anilines is 1. The van der Waals surface area contributed by atoms with Crippen LogP contribution in [0.25, 0.3) is 0 Å². The molecular weight excluding hydrogens is 370 g/mol. The monoisotopic (exact) mass is 393 g/mol. The molecule has 144 valence electrons. The molecular formula is C23H24ClN3O. The first-order chi connectivity index (χ1) is 13.5. The largest absolute Gasteiger partial charge is 0.364 e. The molecule has 1 heterocycles. The maximum Gasteiger partial charge on any atom is 0.255 e. The normalized spacial score (nSPS) is 22.5. The van der Waals surface area contributed by atoms with Crippen LogP contribution in [0.1, 0.15) is 42.2 Å². The summed E-state index contributed by atoms with van der Waals surface area (Å²) < 4.78 is 0. The summed E-state index contributed by atoms with van der Waals surface area (Å²) >= 11 is 6.14. The van der Waals surface area contributed by atoms with Gasteiger partial charge in [0.1, 0.15) is 11.0 Å². The predicted molar refractivity (Wildman–Crippen MR) is 117 cm³/mol. The van der Waals surface area contributed by atoms with Gasteiger partial charge in [-0.1, -0.05) is 54.9 Å². The summed E-state index contributed by atoms with van der Waals surface area (Å²) in [6, 6.07) is 17.0. The molecule has 1 aliphatic heterocycles. The Morgan fingerprint density at radius 3 is 2.75 bits per heavy atom. The summed E-state index contributed by atoms with van der Waals surface area (Å²) in [6.07, 6.45) is 6.87. The lowest BCUT2D eigenvalue weighted by Gasteiger charge is -2.19. The average molecular weight is 394 g/mol. The number of benzene rings is 2. The zero-order chi connectivity index (χ0) is 19.9. The molecule has 0 aliphatic carbocycles. The third-order valence-corrected chi connectivity index (χ3v) is 4.69. The minimum Gasteiger partial charge on any atom is -0.364 e. The van der Waals surface area contributed by atoms with Crippen molar-refractivity contribution in [3.63, 3.8) is 0 Å². The Balaban J connectivity index is 1.72. The summed E-state index contributed by atoms with van der Waals surface area (Å²) in [5, 5.41) is 6.83. The molecule has 5 heteroatoms. The highest BCUT2D eigenvalue weighted by Gasteiger charge is 2.11. The number of carbonyl (C=O) groups excluding carboxylic acids is 1. The number of carbonyl (C=O) groups is 1. The van der Waals surface area contributed by atoms with Gasteiger partial charge in [0.15, 0.2) is 0 Å². The maximum absolute atomic E-state index is 12.4. The van der Waals surface area contributed by atoms with Gasteiger partial charge in [-0.2, -0.15) is 0 Å². The number of nitrogens with zero attached hydrogens (tertiary/aromatic N) is 1. The minimum absolute atomic E-state index is 0.00338. The van der Waals surface area contributed by atoms with Crippen molar-refractivity contribution >= 4 is 28.4 Å². The summed E-state index contributed by atoms with van der Waals surface area (Å²) in [5.41, 5.74) is 2.43. The van der Waals surface area contributed by atoms with Crippen LogP contribution in [-0.4, -0.2) is 11.1 Å². The van der Waals surface area contributed by atoms with E-state index in [4.69, 9.17) is 11.6 Å². The van der Waals surface area contributed by atoms with Crippen LogP contribution in [0.2, 0.25) is 0 Å². The highest BCUT2D eigenvalue weighted by atomic mass is 35.5. The highest BCUT2D eigenvalue weighted by Crippen LogP contribution is 2.21. The molecule has 0 fully saturated rings. The van der Waals surface area contributed by atoms with Gasteiger partial charge in [0.05, 0.1) is 6.04 Å². The SMILES string of the molecule is CC1\C=C(N[C@@H](C)c2cccc(NC(=O)c3ccccc3)c2)/N=C(Cl)\C=C\C1. The van der Waals surface area contributed by atoms with Crippen LogP contribution in [0.15, 0.2) is 83.6 Å². The number of nitrogens with one attached hydrogen (secondary N) is 2. The van der Waals surface area contributed by atoms with Gasteiger partial charge in [0.25, 0.3) is 5.91 Å². The standard InChI is InChI=1S/C23H24ClN3O/c1-16-8-6-13-21(24)27-22(14-16)25-17(2)19-11-7-12-20(15-19)26-23(28)18-9-4-3-5-10-18/h3-7,9-17,25H,8H2,1-2H3,(H,26,28)/b13-6+,22-14-,27-21+/t16?,17-/m0/s1. The molecule has 2 aromatic rings. The van der Waals surface area contributed by atoms with E-state index in [0.29, 0.717) is 16.7 Å². The molecule has 28 heavy (non-hydrogen) atoms. The Kier molecular flexibility index (Phi) is 6.66. The van der Waals surface area contributed by atoms with Crippen LogP contribution in [0, 0.1) is 5.92 Å². The first-order valence-electron chi connectivity index (χ1n) is 9.36. The number of halogens is 1. The first kappa shape index (κ1) is 19.9. The maximum atomic E-state index is 12.4. The predicted octanol–water partition coefficient (Wildman–Crippen LogP) is 5.66. The van der Waals surface area contributed by atoms with E-state index in [2.05, 4.69) is 35.5 Å². The lowest BCUT2D eigenvalue weighted by atomic mass is 10.1. The highest BCUT2D eigenvalue weighted by molar-refractivity contribution is 6.68. The van der Waals surface area contributed by atoms with Crippen molar-refractivity contribution in [1.29, 1.82) is 0 Å². The molecule has 1 unspecified atom stereocenters. The third-order valence-electron chi connectivity index (χ3n) is 4.48. The Labute approximate surface area is 171 Å². The second kappa shape index (κ2) is 9.38. The van der Waals surface area contributed by atoms with Crippen LogP contribution in [0.3, 0.4) is 0 Å². The molecule has 0 spiro atoms. The lowest BCUT2D eigenvalue weighted by Crippen LogP contribution is -2.19. The van der Waals surface area contributed by atoms with Crippen molar-refractivity contribution in [2.24, 2.45) is 10.9 Å². The van der Waals surface area contributed by atoms with Gasteiger partial charge in [-0.25, -0.2) is 4.99 Å². The van der Waals surface area contributed by atoms with Gasteiger partial charge < -0.3 is 10.6 Å². The van der Waals surface area contributed by atoms with Gasteiger partial charge >= 0.3 is 0 Å². The lowest BCUT2D eigenvalue weighted by molar-refractivity contribution is 0.102. The van der Waals surface area contributed by atoms with E-state index in [9.17, 15) is 4.79 Å². The molecule has 0 saturated heterocycles. The molecule has 0 saturated carbocycles. The van der Waals surface area contributed by atoms with E-state index in [0.717, 1.165) is 23.5 Å². The van der Waals surface area contributed by atoms with Crippen molar-refractivity contribution in [2.75, 3.05) is 5.32 Å². The first-order valence-corrected chi connectivity index (χ1v) is 9.74. The molecule has 1 aliphatic rings. The Morgan fingerprint density at radius 1 is 1.18 bits per heavy atom. The molecule has 0 aromatic heterocycles. The summed E-state index contributed by atoms with van der Waals surface area (Å²) in [7, 11) is 0. The minimum atomic E-state index is -0.127. The fraction of sp³-hybridized carbons (Fsp3) is 0.217. The van der Waals surface area contributed by atoms with Crippen molar-refractivity contribution in [1.82, 2.24) is 5.32 Å². The second-order valence-electron chi connectivity index (χ2n) is 6.91. The molecule has 4 nitrogen and oxygen atoms in total. The van der Waals surface area contributed by atoms with Crippen molar-refractivity contribution < 1.29 is 4.79 Å². The van der Waals surface area contributed by atoms with Crippen LogP contribution in [0.4, 0.5) is 5.69 Å². The van der Waals surface area contributed by atoms with Gasteiger partial charge in [-0.15, -0.1) is 0 Å². The van der Waals surface area contributed by atoms with Crippen molar-refractivity contribution in [3.8, 4) is 0 Å². The quantitative estimate of drug-likeness (QED) is 0.688. The van der Waals surface area contributed by atoms with Gasteiger partial charge in [-0.05, 0) is 61.2 Å². The summed E-state index contributed by atoms with van der Waals surface area (Å²) in [6.45, 7) is 4.20. The molecule has 3 rings (SSSR count). The van der Waals surface area contributed by atoms with Crippen molar-refractivity contribution in [3.05, 3.63) is 89.8 Å².